The maximum absolute atomic E-state index is 9.44. The SMILES string of the molecule is Cc1ccc2ccccc2c1-c1ccc2cc(C(C)(C)C#N)ccc2[n+]1C. The molecule has 0 amide bonds. The molecule has 0 unspecified atom stereocenters. The number of hydrogen-bond donors (Lipinski definition) is 0. The molecule has 0 spiro atoms. The molecule has 2 heteroatoms. The lowest BCUT2D eigenvalue weighted by molar-refractivity contribution is -0.633. The van der Waals surface area contributed by atoms with Crippen LogP contribution in [0.15, 0.2) is 66.7 Å². The largest absolute Gasteiger partial charge is 0.213 e. The molecule has 0 fully saturated rings. The molecule has 2 nitrogen and oxygen atoms in total. The van der Waals surface area contributed by atoms with Crippen molar-refractivity contribution in [3.8, 4) is 17.3 Å². The van der Waals surface area contributed by atoms with E-state index in [2.05, 4.69) is 91.3 Å². The zero-order valence-electron chi connectivity index (χ0n) is 16.2. The van der Waals surface area contributed by atoms with Crippen LogP contribution in [0.5, 0.6) is 0 Å². The number of pyridine rings is 1. The molecular formula is C25H23N2+. The highest BCUT2D eigenvalue weighted by molar-refractivity contribution is 5.97. The number of fused-ring (bicyclic) bond motifs is 2. The molecule has 132 valence electrons. The molecule has 0 aliphatic rings. The second-order valence-corrected chi connectivity index (χ2v) is 7.77. The second-order valence-electron chi connectivity index (χ2n) is 7.77. The average Bonchev–Trinajstić information content (AvgIpc) is 2.68. The maximum atomic E-state index is 9.44. The third kappa shape index (κ3) is 2.76. The van der Waals surface area contributed by atoms with E-state index >= 15 is 0 Å². The number of hydrogen-bond acceptors (Lipinski definition) is 1. The quantitative estimate of drug-likeness (QED) is 0.432. The molecule has 0 radical (unpaired) electrons. The second kappa shape index (κ2) is 6.21. The molecule has 3 aromatic carbocycles. The summed E-state index contributed by atoms with van der Waals surface area (Å²) < 4.78 is 2.26. The molecule has 1 aromatic heterocycles. The highest BCUT2D eigenvalue weighted by Gasteiger charge is 2.23. The highest BCUT2D eigenvalue weighted by Crippen LogP contribution is 2.32. The van der Waals surface area contributed by atoms with Crippen molar-refractivity contribution in [1.29, 1.82) is 5.26 Å². The Labute approximate surface area is 160 Å². The van der Waals surface area contributed by atoms with E-state index in [0.717, 1.165) is 16.5 Å². The van der Waals surface area contributed by atoms with E-state index in [0.29, 0.717) is 0 Å². The van der Waals surface area contributed by atoms with E-state index in [1.54, 1.807) is 0 Å². The summed E-state index contributed by atoms with van der Waals surface area (Å²) in [4.78, 5) is 0. The molecule has 0 aliphatic carbocycles. The van der Waals surface area contributed by atoms with Gasteiger partial charge in [0.25, 0.3) is 0 Å². The fraction of sp³-hybridized carbons (Fsp3) is 0.200. The first-order valence-corrected chi connectivity index (χ1v) is 9.25. The van der Waals surface area contributed by atoms with Gasteiger partial charge in [0.1, 0.15) is 7.05 Å². The predicted octanol–water partition coefficient (Wildman–Crippen LogP) is 5.59. The van der Waals surface area contributed by atoms with Gasteiger partial charge in [-0.15, -0.1) is 0 Å². The zero-order valence-corrected chi connectivity index (χ0v) is 16.2. The molecule has 4 rings (SSSR count). The molecule has 0 saturated heterocycles. The number of nitriles is 1. The minimum absolute atomic E-state index is 0.488. The topological polar surface area (TPSA) is 27.7 Å². The van der Waals surface area contributed by atoms with Crippen molar-refractivity contribution in [2.24, 2.45) is 7.05 Å². The molecule has 27 heavy (non-hydrogen) atoms. The molecule has 4 aromatic rings. The molecule has 0 N–H and O–H groups in total. The van der Waals surface area contributed by atoms with Crippen LogP contribution in [0.1, 0.15) is 25.0 Å². The van der Waals surface area contributed by atoms with Crippen molar-refractivity contribution < 1.29 is 4.57 Å². The Morgan fingerprint density at radius 1 is 0.889 bits per heavy atom. The third-order valence-electron chi connectivity index (χ3n) is 5.57. The van der Waals surface area contributed by atoms with E-state index in [1.807, 2.05) is 13.8 Å². The highest BCUT2D eigenvalue weighted by atomic mass is 14.9. The van der Waals surface area contributed by atoms with Gasteiger partial charge >= 0.3 is 0 Å². The van der Waals surface area contributed by atoms with Crippen LogP contribution >= 0.6 is 0 Å². The zero-order chi connectivity index (χ0) is 19.2. The lowest BCUT2D eigenvalue weighted by Crippen LogP contribution is -2.32. The molecule has 0 bridgehead atoms. The number of benzene rings is 3. The van der Waals surface area contributed by atoms with Gasteiger partial charge in [-0.3, -0.25) is 0 Å². The molecular weight excluding hydrogens is 328 g/mol. The van der Waals surface area contributed by atoms with Crippen molar-refractivity contribution in [1.82, 2.24) is 0 Å². The predicted molar refractivity (Wildman–Crippen MR) is 111 cm³/mol. The minimum Gasteiger partial charge on any atom is -0.197 e. The Balaban J connectivity index is 1.98. The smallest absolute Gasteiger partial charge is 0.197 e. The lowest BCUT2D eigenvalue weighted by atomic mass is 9.85. The Kier molecular flexibility index (Phi) is 3.97. The lowest BCUT2D eigenvalue weighted by Gasteiger charge is -2.16. The summed E-state index contributed by atoms with van der Waals surface area (Å²) in [5.74, 6) is 0. The first-order valence-electron chi connectivity index (χ1n) is 9.25. The van der Waals surface area contributed by atoms with Gasteiger partial charge in [0, 0.05) is 17.5 Å². The first kappa shape index (κ1) is 17.2. The average molecular weight is 351 g/mol. The summed E-state index contributed by atoms with van der Waals surface area (Å²) in [6.07, 6.45) is 0. The van der Waals surface area contributed by atoms with Gasteiger partial charge in [-0.1, -0.05) is 42.5 Å². The first-order chi connectivity index (χ1) is 12.9. The monoisotopic (exact) mass is 351 g/mol. The Bertz CT molecular complexity index is 1230. The molecule has 0 atom stereocenters. The van der Waals surface area contributed by atoms with E-state index in [1.165, 1.54) is 27.6 Å². The van der Waals surface area contributed by atoms with Crippen LogP contribution in [0.25, 0.3) is 32.9 Å². The fourth-order valence-corrected chi connectivity index (χ4v) is 3.83. The van der Waals surface area contributed by atoms with Gasteiger partial charge in [-0.25, -0.2) is 0 Å². The summed E-state index contributed by atoms with van der Waals surface area (Å²) in [6, 6.07) is 26.0. The van der Waals surface area contributed by atoms with E-state index in [4.69, 9.17) is 0 Å². The molecule has 0 aliphatic heterocycles. The van der Waals surface area contributed by atoms with Crippen LogP contribution in [0.3, 0.4) is 0 Å². The van der Waals surface area contributed by atoms with Crippen molar-refractivity contribution in [2.45, 2.75) is 26.2 Å². The summed E-state index contributed by atoms with van der Waals surface area (Å²) in [5, 5.41) is 13.1. The Morgan fingerprint density at radius 2 is 1.63 bits per heavy atom. The molecule has 1 heterocycles. The minimum atomic E-state index is -0.488. The molecule has 0 saturated carbocycles. The number of rotatable bonds is 2. The van der Waals surface area contributed by atoms with Crippen LogP contribution in [-0.4, -0.2) is 0 Å². The van der Waals surface area contributed by atoms with E-state index in [-0.39, 0.29) is 0 Å². The number of nitrogens with zero attached hydrogens (tertiary/aromatic N) is 2. The van der Waals surface area contributed by atoms with Gasteiger partial charge in [0.15, 0.2) is 0 Å². The summed E-state index contributed by atoms with van der Waals surface area (Å²) in [5.41, 5.74) is 5.47. The maximum Gasteiger partial charge on any atom is 0.213 e. The van der Waals surface area contributed by atoms with Crippen molar-refractivity contribution in [3.05, 3.63) is 77.9 Å². The summed E-state index contributed by atoms with van der Waals surface area (Å²) >= 11 is 0. The van der Waals surface area contributed by atoms with Crippen LogP contribution < -0.4 is 4.57 Å². The number of aryl methyl sites for hydroxylation is 2. The number of aromatic nitrogens is 1. The van der Waals surface area contributed by atoms with Crippen LogP contribution in [-0.2, 0) is 12.5 Å². The van der Waals surface area contributed by atoms with Gasteiger partial charge in [0.05, 0.1) is 17.0 Å². The van der Waals surface area contributed by atoms with Gasteiger partial charge in [-0.2, -0.15) is 9.83 Å². The summed E-state index contributed by atoms with van der Waals surface area (Å²) in [7, 11) is 2.12. The van der Waals surface area contributed by atoms with Crippen molar-refractivity contribution in [3.63, 3.8) is 0 Å². The standard InChI is InChI=1S/C25H23N2/c1-17-9-10-18-7-5-6-8-21(18)24(17)23-13-11-19-15-20(25(2,3)16-26)12-14-22(19)27(23)4/h5-15H,1-4H3/q+1. The van der Waals surface area contributed by atoms with Crippen LogP contribution in [0, 0.1) is 18.3 Å². The van der Waals surface area contributed by atoms with Crippen molar-refractivity contribution in [2.75, 3.05) is 0 Å². The van der Waals surface area contributed by atoms with Crippen molar-refractivity contribution >= 4 is 21.7 Å². The fourth-order valence-electron chi connectivity index (χ4n) is 3.83. The van der Waals surface area contributed by atoms with Gasteiger partial charge < -0.3 is 0 Å². The Hall–Kier alpha value is -3.18. The third-order valence-corrected chi connectivity index (χ3v) is 5.57. The Morgan fingerprint density at radius 3 is 2.41 bits per heavy atom. The van der Waals surface area contributed by atoms with Gasteiger partial charge in [0.2, 0.25) is 11.2 Å². The van der Waals surface area contributed by atoms with E-state index < -0.39 is 5.41 Å². The van der Waals surface area contributed by atoms with Crippen LogP contribution in [0.2, 0.25) is 0 Å². The van der Waals surface area contributed by atoms with Crippen LogP contribution in [0.4, 0.5) is 0 Å². The summed E-state index contributed by atoms with van der Waals surface area (Å²) in [6.45, 7) is 6.09. The normalized spacial score (nSPS) is 11.7. The van der Waals surface area contributed by atoms with Gasteiger partial charge in [-0.05, 0) is 54.8 Å². The van der Waals surface area contributed by atoms with E-state index in [9.17, 15) is 5.26 Å².